The van der Waals surface area contributed by atoms with Crippen molar-refractivity contribution in [1.29, 1.82) is 0 Å². The number of benzene rings is 1. The summed E-state index contributed by atoms with van der Waals surface area (Å²) >= 11 is 12.1. The van der Waals surface area contributed by atoms with Crippen LogP contribution in [0.4, 0.5) is 0 Å². The van der Waals surface area contributed by atoms with Gasteiger partial charge in [0.05, 0.1) is 6.20 Å². The molecule has 0 saturated heterocycles. The Morgan fingerprint density at radius 1 is 1.37 bits per heavy atom. The van der Waals surface area contributed by atoms with Gasteiger partial charge in [-0.25, -0.2) is 0 Å². The molecule has 0 amide bonds. The van der Waals surface area contributed by atoms with E-state index in [1.165, 1.54) is 0 Å². The molecule has 1 N–H and O–H groups in total. The molecule has 19 heavy (non-hydrogen) atoms. The Balaban J connectivity index is 2.18. The van der Waals surface area contributed by atoms with Gasteiger partial charge < -0.3 is 5.32 Å². The molecular formula is C14H17Cl2N3. The Morgan fingerprint density at radius 2 is 2.16 bits per heavy atom. The Bertz CT molecular complexity index is 551. The zero-order chi connectivity index (χ0) is 13.8. The fourth-order valence-corrected chi connectivity index (χ4v) is 2.51. The van der Waals surface area contributed by atoms with Crippen LogP contribution < -0.4 is 5.32 Å². The van der Waals surface area contributed by atoms with E-state index in [-0.39, 0.29) is 6.04 Å². The highest BCUT2D eigenvalue weighted by Gasteiger charge is 2.14. The van der Waals surface area contributed by atoms with Gasteiger partial charge in [0.1, 0.15) is 0 Å². The molecule has 3 nitrogen and oxygen atoms in total. The van der Waals surface area contributed by atoms with Crippen LogP contribution in [0.1, 0.15) is 24.1 Å². The zero-order valence-corrected chi connectivity index (χ0v) is 12.5. The third-order valence-electron chi connectivity index (χ3n) is 3.17. The molecule has 1 heterocycles. The molecule has 0 bridgehead atoms. The number of hydrogen-bond donors (Lipinski definition) is 1. The number of halogens is 2. The summed E-state index contributed by atoms with van der Waals surface area (Å²) in [6, 6.07) is 5.81. The fraction of sp³-hybridized carbons (Fsp3) is 0.357. The molecular weight excluding hydrogens is 281 g/mol. The van der Waals surface area contributed by atoms with Crippen molar-refractivity contribution in [2.24, 2.45) is 0 Å². The highest BCUT2D eigenvalue weighted by Crippen LogP contribution is 2.25. The second-order valence-electron chi connectivity index (χ2n) is 4.41. The third kappa shape index (κ3) is 3.50. The Labute approximate surface area is 123 Å². The van der Waals surface area contributed by atoms with E-state index in [4.69, 9.17) is 23.2 Å². The molecule has 1 aromatic carbocycles. The summed E-state index contributed by atoms with van der Waals surface area (Å²) in [4.78, 5) is 0. The van der Waals surface area contributed by atoms with Gasteiger partial charge in [-0.1, -0.05) is 29.3 Å². The minimum atomic E-state index is 0.193. The van der Waals surface area contributed by atoms with Crippen LogP contribution >= 0.6 is 23.2 Å². The first kappa shape index (κ1) is 14.4. The highest BCUT2D eigenvalue weighted by molar-refractivity contribution is 6.35. The van der Waals surface area contributed by atoms with E-state index < -0.39 is 0 Å². The number of aromatic nitrogens is 2. The molecule has 1 atom stereocenters. The van der Waals surface area contributed by atoms with Crippen molar-refractivity contribution in [3.63, 3.8) is 0 Å². The third-order valence-corrected chi connectivity index (χ3v) is 3.75. The maximum atomic E-state index is 6.22. The smallest absolute Gasteiger partial charge is 0.0537 e. The van der Waals surface area contributed by atoms with Crippen molar-refractivity contribution < 1.29 is 0 Å². The molecule has 2 rings (SSSR count). The van der Waals surface area contributed by atoms with Gasteiger partial charge in [0.25, 0.3) is 0 Å². The molecule has 0 spiro atoms. The van der Waals surface area contributed by atoms with Crippen molar-refractivity contribution in [3.05, 3.63) is 51.8 Å². The molecule has 2 aromatic rings. The zero-order valence-electron chi connectivity index (χ0n) is 11.0. The van der Waals surface area contributed by atoms with Gasteiger partial charge in [-0.2, -0.15) is 5.10 Å². The number of rotatable bonds is 5. The lowest BCUT2D eigenvalue weighted by Gasteiger charge is -2.15. The molecule has 0 aliphatic rings. The van der Waals surface area contributed by atoms with E-state index >= 15 is 0 Å². The molecule has 0 radical (unpaired) electrons. The van der Waals surface area contributed by atoms with Crippen molar-refractivity contribution in [1.82, 2.24) is 15.1 Å². The minimum absolute atomic E-state index is 0.193. The lowest BCUT2D eigenvalue weighted by molar-refractivity contribution is 0.589. The quantitative estimate of drug-likeness (QED) is 0.912. The second-order valence-corrected chi connectivity index (χ2v) is 5.25. The van der Waals surface area contributed by atoms with Crippen molar-refractivity contribution in [2.75, 3.05) is 7.05 Å². The number of hydrogen-bond acceptors (Lipinski definition) is 2. The largest absolute Gasteiger partial charge is 0.313 e. The van der Waals surface area contributed by atoms with Crippen LogP contribution in [0.3, 0.4) is 0 Å². The number of likely N-dealkylation sites (N-methyl/N-ethyl adjacent to an activating group) is 1. The predicted octanol–water partition coefficient (Wildman–Crippen LogP) is 3.71. The van der Waals surface area contributed by atoms with Gasteiger partial charge in [-0.15, -0.1) is 0 Å². The maximum absolute atomic E-state index is 6.22. The van der Waals surface area contributed by atoms with E-state index in [1.807, 2.05) is 30.1 Å². The topological polar surface area (TPSA) is 29.9 Å². The summed E-state index contributed by atoms with van der Waals surface area (Å²) in [5, 5.41) is 8.97. The van der Waals surface area contributed by atoms with Gasteiger partial charge in [0.15, 0.2) is 0 Å². The van der Waals surface area contributed by atoms with Gasteiger partial charge in [0.2, 0.25) is 0 Å². The number of aryl methyl sites for hydroxylation is 1. The molecule has 102 valence electrons. The minimum Gasteiger partial charge on any atom is -0.313 e. The van der Waals surface area contributed by atoms with Gasteiger partial charge in [0, 0.05) is 34.4 Å². The van der Waals surface area contributed by atoms with Crippen LogP contribution in [-0.4, -0.2) is 16.8 Å². The number of nitrogens with one attached hydrogen (secondary N) is 1. The highest BCUT2D eigenvalue weighted by atomic mass is 35.5. The van der Waals surface area contributed by atoms with E-state index in [0.29, 0.717) is 10.0 Å². The average Bonchev–Trinajstić information content (AvgIpc) is 2.86. The lowest BCUT2D eigenvalue weighted by atomic mass is 10.0. The van der Waals surface area contributed by atoms with E-state index in [2.05, 4.69) is 23.5 Å². The summed E-state index contributed by atoms with van der Waals surface area (Å²) in [5.74, 6) is 0. The molecule has 1 unspecified atom stereocenters. The maximum Gasteiger partial charge on any atom is 0.0537 e. The second kappa shape index (κ2) is 6.42. The molecule has 1 aromatic heterocycles. The predicted molar refractivity (Wildman–Crippen MR) is 79.9 cm³/mol. The Kier molecular flexibility index (Phi) is 4.86. The van der Waals surface area contributed by atoms with E-state index in [9.17, 15) is 0 Å². The first-order chi connectivity index (χ1) is 9.13. The molecule has 0 aliphatic heterocycles. The van der Waals surface area contributed by atoms with Gasteiger partial charge in [-0.3, -0.25) is 4.68 Å². The van der Waals surface area contributed by atoms with E-state index in [0.717, 1.165) is 24.1 Å². The molecule has 0 fully saturated rings. The monoisotopic (exact) mass is 297 g/mol. The van der Waals surface area contributed by atoms with Crippen LogP contribution in [0.2, 0.25) is 10.0 Å². The van der Waals surface area contributed by atoms with Crippen LogP contribution in [0.5, 0.6) is 0 Å². The molecule has 5 heteroatoms. The number of nitrogens with zero attached hydrogens (tertiary/aromatic N) is 2. The van der Waals surface area contributed by atoms with Gasteiger partial charge >= 0.3 is 0 Å². The van der Waals surface area contributed by atoms with E-state index in [1.54, 1.807) is 6.07 Å². The van der Waals surface area contributed by atoms with Crippen LogP contribution in [-0.2, 0) is 13.0 Å². The van der Waals surface area contributed by atoms with Crippen LogP contribution in [0, 0.1) is 0 Å². The summed E-state index contributed by atoms with van der Waals surface area (Å²) in [6.07, 6.45) is 4.77. The average molecular weight is 298 g/mol. The first-order valence-electron chi connectivity index (χ1n) is 6.27. The summed E-state index contributed by atoms with van der Waals surface area (Å²) in [5.41, 5.74) is 2.24. The van der Waals surface area contributed by atoms with Crippen LogP contribution in [0.15, 0.2) is 30.6 Å². The SMILES string of the molecule is CCn1cc(C(Cc2ccc(Cl)cc2Cl)NC)cn1. The van der Waals surface area contributed by atoms with Crippen molar-refractivity contribution in [2.45, 2.75) is 25.9 Å². The standard InChI is InChI=1S/C14H17Cl2N3/c1-3-19-9-11(8-18-19)14(17-2)6-10-4-5-12(15)7-13(10)16/h4-5,7-9,14,17H,3,6H2,1-2H3. The lowest BCUT2D eigenvalue weighted by Crippen LogP contribution is -2.18. The van der Waals surface area contributed by atoms with Crippen LogP contribution in [0.25, 0.3) is 0 Å². The fourth-order valence-electron chi connectivity index (χ4n) is 2.03. The molecule has 0 aliphatic carbocycles. The first-order valence-corrected chi connectivity index (χ1v) is 7.03. The summed E-state index contributed by atoms with van der Waals surface area (Å²) in [6.45, 7) is 2.94. The Hall–Kier alpha value is -1.03. The normalized spacial score (nSPS) is 12.6. The van der Waals surface area contributed by atoms with Gasteiger partial charge in [-0.05, 0) is 38.1 Å². The van der Waals surface area contributed by atoms with Crippen molar-refractivity contribution >= 4 is 23.2 Å². The summed E-state index contributed by atoms with van der Waals surface area (Å²) in [7, 11) is 1.94. The summed E-state index contributed by atoms with van der Waals surface area (Å²) < 4.78 is 1.92. The Morgan fingerprint density at radius 3 is 2.74 bits per heavy atom. The van der Waals surface area contributed by atoms with Crippen molar-refractivity contribution in [3.8, 4) is 0 Å². The molecule has 0 saturated carbocycles.